The summed E-state index contributed by atoms with van der Waals surface area (Å²) in [7, 11) is 0. The summed E-state index contributed by atoms with van der Waals surface area (Å²) in [6.45, 7) is 0.187. The van der Waals surface area contributed by atoms with E-state index in [1.165, 1.54) is 19.3 Å². The summed E-state index contributed by atoms with van der Waals surface area (Å²) in [4.78, 5) is 11.8. The van der Waals surface area contributed by atoms with Crippen LogP contribution < -0.4 is 0 Å². The molecule has 0 amide bonds. The van der Waals surface area contributed by atoms with Crippen molar-refractivity contribution in [3.8, 4) is 0 Å². The molecule has 2 rings (SSSR count). The van der Waals surface area contributed by atoms with Crippen LogP contribution in [0.2, 0.25) is 5.02 Å². The Kier molecular flexibility index (Phi) is 4.57. The molecule has 1 aromatic rings. The molecule has 0 saturated heterocycles. The molecule has 1 aliphatic rings. The molecule has 0 unspecified atom stereocenters. The maximum atomic E-state index is 11.8. The van der Waals surface area contributed by atoms with E-state index < -0.39 is 0 Å². The van der Waals surface area contributed by atoms with Gasteiger partial charge in [0.2, 0.25) is 0 Å². The minimum atomic E-state index is 0.0345. The second-order valence-corrected chi connectivity index (χ2v) is 4.94. The largest absolute Gasteiger partial charge is 0.370 e. The normalized spacial score (nSPS) is 17.0. The van der Waals surface area contributed by atoms with Crippen LogP contribution in [0.4, 0.5) is 0 Å². The lowest BCUT2D eigenvalue weighted by atomic mass is 9.98. The molecule has 0 N–H and O–H groups in total. The van der Waals surface area contributed by atoms with Gasteiger partial charge in [-0.05, 0) is 37.1 Å². The molecule has 0 aromatic heterocycles. The number of ether oxygens (including phenoxy) is 1. The van der Waals surface area contributed by atoms with Crippen LogP contribution in [0.25, 0.3) is 0 Å². The Morgan fingerprint density at radius 3 is 2.47 bits per heavy atom. The Morgan fingerprint density at radius 1 is 1.18 bits per heavy atom. The van der Waals surface area contributed by atoms with E-state index in [1.54, 1.807) is 24.3 Å². The molecule has 0 heterocycles. The van der Waals surface area contributed by atoms with Gasteiger partial charge in [-0.2, -0.15) is 0 Å². The first-order valence-corrected chi connectivity index (χ1v) is 6.54. The van der Waals surface area contributed by atoms with E-state index in [9.17, 15) is 4.79 Å². The zero-order valence-corrected chi connectivity index (χ0v) is 10.6. The highest BCUT2D eigenvalue weighted by Crippen LogP contribution is 2.20. The molecule has 1 aliphatic carbocycles. The third-order valence-electron chi connectivity index (χ3n) is 3.17. The van der Waals surface area contributed by atoms with Gasteiger partial charge in [0, 0.05) is 10.6 Å². The molecule has 92 valence electrons. The molecule has 1 aromatic carbocycles. The third kappa shape index (κ3) is 3.83. The fourth-order valence-corrected chi connectivity index (χ4v) is 2.27. The minimum absolute atomic E-state index is 0.0345. The maximum absolute atomic E-state index is 11.8. The van der Waals surface area contributed by atoms with Crippen molar-refractivity contribution in [2.75, 3.05) is 6.61 Å². The minimum Gasteiger partial charge on any atom is -0.370 e. The van der Waals surface area contributed by atoms with E-state index >= 15 is 0 Å². The van der Waals surface area contributed by atoms with Gasteiger partial charge in [0.25, 0.3) is 0 Å². The van der Waals surface area contributed by atoms with Gasteiger partial charge in [0.15, 0.2) is 5.78 Å². The van der Waals surface area contributed by atoms with Crippen molar-refractivity contribution in [1.29, 1.82) is 0 Å². The summed E-state index contributed by atoms with van der Waals surface area (Å²) in [5.74, 6) is 0.0345. The molecular weight excluding hydrogens is 236 g/mol. The number of carbonyl (C=O) groups is 1. The number of benzene rings is 1. The van der Waals surface area contributed by atoms with E-state index in [0.29, 0.717) is 10.6 Å². The Labute approximate surface area is 107 Å². The Bertz CT molecular complexity index is 366. The lowest BCUT2D eigenvalue weighted by Gasteiger charge is -2.21. The van der Waals surface area contributed by atoms with Gasteiger partial charge in [-0.25, -0.2) is 0 Å². The van der Waals surface area contributed by atoms with Gasteiger partial charge in [0.1, 0.15) is 6.61 Å². The highest BCUT2D eigenvalue weighted by Gasteiger charge is 2.15. The van der Waals surface area contributed by atoms with Crippen molar-refractivity contribution < 1.29 is 9.53 Å². The van der Waals surface area contributed by atoms with Crippen molar-refractivity contribution in [2.45, 2.75) is 38.2 Å². The molecule has 0 atom stereocenters. The van der Waals surface area contributed by atoms with Crippen LogP contribution in [0.15, 0.2) is 24.3 Å². The van der Waals surface area contributed by atoms with Crippen LogP contribution in [0.1, 0.15) is 42.5 Å². The van der Waals surface area contributed by atoms with Gasteiger partial charge < -0.3 is 4.74 Å². The first kappa shape index (κ1) is 12.6. The number of rotatable bonds is 4. The quantitative estimate of drug-likeness (QED) is 0.761. The van der Waals surface area contributed by atoms with Crippen LogP contribution in [0.3, 0.4) is 0 Å². The second-order valence-electron chi connectivity index (χ2n) is 4.50. The monoisotopic (exact) mass is 252 g/mol. The smallest absolute Gasteiger partial charge is 0.188 e. The Balaban J connectivity index is 1.82. The first-order chi connectivity index (χ1) is 8.25. The molecule has 0 bridgehead atoms. The maximum Gasteiger partial charge on any atom is 0.188 e. The van der Waals surface area contributed by atoms with Crippen molar-refractivity contribution in [1.82, 2.24) is 0 Å². The summed E-state index contributed by atoms with van der Waals surface area (Å²) in [5, 5.41) is 0.648. The molecule has 0 aliphatic heterocycles. The fourth-order valence-electron chi connectivity index (χ4n) is 2.14. The number of Topliss-reactive ketones (excluding diaryl/α,β-unsaturated/α-hetero) is 1. The molecule has 0 spiro atoms. The van der Waals surface area contributed by atoms with Crippen LogP contribution in [-0.4, -0.2) is 18.5 Å². The zero-order chi connectivity index (χ0) is 12.1. The van der Waals surface area contributed by atoms with Crippen LogP contribution in [0.5, 0.6) is 0 Å². The first-order valence-electron chi connectivity index (χ1n) is 6.16. The average Bonchev–Trinajstić information content (AvgIpc) is 2.38. The lowest BCUT2D eigenvalue weighted by Crippen LogP contribution is -2.20. The van der Waals surface area contributed by atoms with Crippen LogP contribution >= 0.6 is 11.6 Å². The number of hydrogen-bond acceptors (Lipinski definition) is 2. The van der Waals surface area contributed by atoms with E-state index in [4.69, 9.17) is 16.3 Å². The van der Waals surface area contributed by atoms with E-state index in [-0.39, 0.29) is 18.5 Å². The van der Waals surface area contributed by atoms with Crippen molar-refractivity contribution in [3.63, 3.8) is 0 Å². The molecule has 0 radical (unpaired) electrons. The Morgan fingerprint density at radius 2 is 1.82 bits per heavy atom. The number of ketones is 1. The highest BCUT2D eigenvalue weighted by molar-refractivity contribution is 6.30. The van der Waals surface area contributed by atoms with E-state index in [1.807, 2.05) is 0 Å². The van der Waals surface area contributed by atoms with Crippen molar-refractivity contribution >= 4 is 17.4 Å². The van der Waals surface area contributed by atoms with Gasteiger partial charge >= 0.3 is 0 Å². The topological polar surface area (TPSA) is 26.3 Å². The summed E-state index contributed by atoms with van der Waals surface area (Å²) in [5.41, 5.74) is 0.671. The summed E-state index contributed by atoms with van der Waals surface area (Å²) in [6.07, 6.45) is 6.20. The van der Waals surface area contributed by atoms with Gasteiger partial charge in [-0.3, -0.25) is 4.79 Å². The number of carbonyl (C=O) groups excluding carboxylic acids is 1. The van der Waals surface area contributed by atoms with E-state index in [2.05, 4.69) is 0 Å². The molecule has 17 heavy (non-hydrogen) atoms. The molecule has 1 saturated carbocycles. The molecule has 1 fully saturated rings. The van der Waals surface area contributed by atoms with E-state index in [0.717, 1.165) is 12.8 Å². The van der Waals surface area contributed by atoms with Crippen LogP contribution in [-0.2, 0) is 4.74 Å². The average molecular weight is 253 g/mol. The predicted octanol–water partition coefficient (Wildman–Crippen LogP) is 3.87. The summed E-state index contributed by atoms with van der Waals surface area (Å²) in [6, 6.07) is 6.95. The fraction of sp³-hybridized carbons (Fsp3) is 0.500. The van der Waals surface area contributed by atoms with Crippen molar-refractivity contribution in [2.24, 2.45) is 0 Å². The SMILES string of the molecule is O=C(COC1CCCCC1)c1ccc(Cl)cc1. The number of halogens is 1. The van der Waals surface area contributed by atoms with Crippen LogP contribution in [0, 0.1) is 0 Å². The highest BCUT2D eigenvalue weighted by atomic mass is 35.5. The van der Waals surface area contributed by atoms with Gasteiger partial charge in [-0.15, -0.1) is 0 Å². The summed E-state index contributed by atoms with van der Waals surface area (Å²) >= 11 is 5.77. The lowest BCUT2D eigenvalue weighted by molar-refractivity contribution is 0.0284. The standard InChI is InChI=1S/C14H17ClO2/c15-12-8-6-11(7-9-12)14(16)10-17-13-4-2-1-3-5-13/h6-9,13H,1-5,10H2. The molecule has 2 nitrogen and oxygen atoms in total. The zero-order valence-electron chi connectivity index (χ0n) is 9.82. The Hall–Kier alpha value is -0.860. The van der Waals surface area contributed by atoms with Crippen molar-refractivity contribution in [3.05, 3.63) is 34.9 Å². The van der Waals surface area contributed by atoms with Gasteiger partial charge in [0.05, 0.1) is 6.10 Å². The third-order valence-corrected chi connectivity index (χ3v) is 3.42. The molecule has 3 heteroatoms. The summed E-state index contributed by atoms with van der Waals surface area (Å²) < 4.78 is 5.65. The molecular formula is C14H17ClO2. The second kappa shape index (κ2) is 6.18. The number of hydrogen-bond donors (Lipinski definition) is 0. The van der Waals surface area contributed by atoms with Gasteiger partial charge in [-0.1, -0.05) is 30.9 Å². The predicted molar refractivity (Wildman–Crippen MR) is 68.6 cm³/mol.